The minimum absolute atomic E-state index is 0.343. The normalized spacial score (nSPS) is 14.2. The highest BCUT2D eigenvalue weighted by Crippen LogP contribution is 2.62. The van der Waals surface area contributed by atoms with E-state index in [0.29, 0.717) is 15.6 Å². The van der Waals surface area contributed by atoms with Crippen molar-refractivity contribution in [2.24, 2.45) is 0 Å². The molecule has 0 bridgehead atoms. The smallest absolute Gasteiger partial charge is 0.207 e. The Morgan fingerprint density at radius 3 is 1.60 bits per heavy atom. The van der Waals surface area contributed by atoms with Crippen molar-refractivity contribution in [2.75, 3.05) is 0 Å². The third-order valence-electron chi connectivity index (χ3n) is 10.5. The van der Waals surface area contributed by atoms with Crippen molar-refractivity contribution in [1.29, 1.82) is 0 Å². The molecular weight excluding hydrogens is 657 g/mol. The predicted molar refractivity (Wildman–Crippen MR) is 207 cm³/mol. The van der Waals surface area contributed by atoms with E-state index in [9.17, 15) is 8.42 Å². The zero-order chi connectivity index (χ0) is 34.9. The Hall–Kier alpha value is -6.43. The molecular formula is C47H30N2O2S. The summed E-state index contributed by atoms with van der Waals surface area (Å²) in [4.78, 5) is 11.2. The molecule has 1 spiro atoms. The van der Waals surface area contributed by atoms with Crippen LogP contribution in [0.25, 0.3) is 56.2 Å². The van der Waals surface area contributed by atoms with Crippen molar-refractivity contribution >= 4 is 9.84 Å². The first-order valence-corrected chi connectivity index (χ1v) is 18.8. The molecule has 10 rings (SSSR count). The molecule has 7 aromatic carbocycles. The molecule has 0 saturated heterocycles. The number of nitrogens with zero attached hydrogens (tertiary/aromatic N) is 2. The van der Waals surface area contributed by atoms with Crippen LogP contribution < -0.4 is 0 Å². The van der Waals surface area contributed by atoms with Gasteiger partial charge in [0.15, 0.2) is 5.82 Å². The second-order valence-electron chi connectivity index (χ2n) is 13.3. The van der Waals surface area contributed by atoms with Gasteiger partial charge in [-0.1, -0.05) is 158 Å². The summed E-state index contributed by atoms with van der Waals surface area (Å²) in [5.41, 5.74) is 11.6. The fourth-order valence-corrected chi connectivity index (χ4v) is 10.1. The van der Waals surface area contributed by atoms with Crippen LogP contribution >= 0.6 is 0 Å². The first-order valence-electron chi connectivity index (χ1n) is 17.3. The summed E-state index contributed by atoms with van der Waals surface area (Å²) in [6, 6.07) is 60.8. The summed E-state index contributed by atoms with van der Waals surface area (Å²) in [5, 5.41) is 0. The van der Waals surface area contributed by atoms with Gasteiger partial charge in [0.25, 0.3) is 0 Å². The minimum atomic E-state index is -3.75. The third kappa shape index (κ3) is 4.36. The molecule has 0 N–H and O–H groups in total. The van der Waals surface area contributed by atoms with Gasteiger partial charge in [-0.3, -0.25) is 0 Å². The summed E-state index contributed by atoms with van der Waals surface area (Å²) in [6.45, 7) is 0. The van der Waals surface area contributed by atoms with Crippen LogP contribution in [0.3, 0.4) is 0 Å². The lowest BCUT2D eigenvalue weighted by molar-refractivity contribution is 0.580. The standard InChI is InChI=1S/C47H30N2O2S/c50-52(51)43-27-11-9-24-38(43)47(39-25-10-12-28-44(39)52)37-23-8-7-21-35(37)45-36(22-14-26-40(45)47)42-30-41(32-17-5-2-6-18-32)48-46(49-42)34-20-13-19-33(29-34)31-15-3-1-4-16-31/h1-30H. The SMILES string of the molecule is O=S1(=O)c2ccccc2C2(c3ccccc3-c3c(-c4cc(-c5ccccc5)nc(-c5cccc(-c6ccccc6)c5)n4)cccc32)c2ccccc21. The fraction of sp³-hybridized carbons (Fsp3) is 0.0213. The molecule has 0 saturated carbocycles. The van der Waals surface area contributed by atoms with Crippen LogP contribution in [-0.4, -0.2) is 18.4 Å². The number of hydrogen-bond donors (Lipinski definition) is 0. The molecule has 1 aliphatic heterocycles. The van der Waals surface area contributed by atoms with E-state index in [4.69, 9.17) is 9.97 Å². The Bertz CT molecular complexity index is 2760. The second kappa shape index (κ2) is 11.6. The Morgan fingerprint density at radius 1 is 0.385 bits per heavy atom. The van der Waals surface area contributed by atoms with E-state index in [1.165, 1.54) is 0 Å². The van der Waals surface area contributed by atoms with Gasteiger partial charge in [-0.2, -0.15) is 0 Å². The Balaban J connectivity index is 1.26. The molecule has 0 radical (unpaired) electrons. The number of fused-ring (bicyclic) bond motifs is 9. The minimum Gasteiger partial charge on any atom is -0.228 e. The topological polar surface area (TPSA) is 59.9 Å². The highest BCUT2D eigenvalue weighted by molar-refractivity contribution is 7.91. The summed E-state index contributed by atoms with van der Waals surface area (Å²) >= 11 is 0. The van der Waals surface area contributed by atoms with Crippen molar-refractivity contribution < 1.29 is 8.42 Å². The van der Waals surface area contributed by atoms with E-state index in [0.717, 1.165) is 72.6 Å². The van der Waals surface area contributed by atoms with Gasteiger partial charge in [-0.15, -0.1) is 0 Å². The molecule has 1 aliphatic carbocycles. The predicted octanol–water partition coefficient (Wildman–Crippen LogP) is 10.7. The van der Waals surface area contributed by atoms with E-state index >= 15 is 0 Å². The average Bonchev–Trinajstić information content (AvgIpc) is 3.52. The number of aromatic nitrogens is 2. The van der Waals surface area contributed by atoms with E-state index < -0.39 is 15.3 Å². The third-order valence-corrected chi connectivity index (χ3v) is 12.4. The van der Waals surface area contributed by atoms with Crippen LogP contribution in [0.1, 0.15) is 22.3 Å². The highest BCUT2D eigenvalue weighted by atomic mass is 32.2. The molecule has 8 aromatic rings. The highest BCUT2D eigenvalue weighted by Gasteiger charge is 2.53. The zero-order valence-corrected chi connectivity index (χ0v) is 28.8. The molecule has 0 fully saturated rings. The van der Waals surface area contributed by atoms with Crippen LogP contribution in [-0.2, 0) is 15.3 Å². The maximum atomic E-state index is 14.2. The van der Waals surface area contributed by atoms with Crippen LogP contribution in [0.5, 0.6) is 0 Å². The van der Waals surface area contributed by atoms with Crippen LogP contribution in [0.4, 0.5) is 0 Å². The molecule has 246 valence electrons. The van der Waals surface area contributed by atoms with Gasteiger partial charge in [0, 0.05) is 16.7 Å². The van der Waals surface area contributed by atoms with Crippen LogP contribution in [0, 0.1) is 0 Å². The lowest BCUT2D eigenvalue weighted by Crippen LogP contribution is -2.35. The zero-order valence-electron chi connectivity index (χ0n) is 27.9. The number of sulfone groups is 1. The molecule has 2 aliphatic rings. The van der Waals surface area contributed by atoms with Gasteiger partial charge in [0.05, 0.1) is 26.6 Å². The van der Waals surface area contributed by atoms with Crippen LogP contribution in [0.15, 0.2) is 192 Å². The molecule has 0 unspecified atom stereocenters. The van der Waals surface area contributed by atoms with Gasteiger partial charge >= 0.3 is 0 Å². The molecule has 5 heteroatoms. The second-order valence-corrected chi connectivity index (χ2v) is 15.2. The van der Waals surface area contributed by atoms with Crippen molar-refractivity contribution in [2.45, 2.75) is 15.2 Å². The Morgan fingerprint density at radius 2 is 0.885 bits per heavy atom. The maximum absolute atomic E-state index is 14.2. The maximum Gasteiger partial charge on any atom is 0.207 e. The number of hydrogen-bond acceptors (Lipinski definition) is 4. The summed E-state index contributed by atoms with van der Waals surface area (Å²) in [5.74, 6) is 0.632. The first-order chi connectivity index (χ1) is 25.5. The fourth-order valence-electron chi connectivity index (χ4n) is 8.35. The van der Waals surface area contributed by atoms with Crippen LogP contribution in [0.2, 0.25) is 0 Å². The lowest BCUT2D eigenvalue weighted by Gasteiger charge is -2.39. The van der Waals surface area contributed by atoms with E-state index in [1.807, 2.05) is 72.8 Å². The first kappa shape index (κ1) is 30.4. The number of benzene rings is 7. The quantitative estimate of drug-likeness (QED) is 0.185. The molecule has 1 aromatic heterocycles. The monoisotopic (exact) mass is 686 g/mol. The Kier molecular flexibility index (Phi) is 6.76. The molecule has 4 nitrogen and oxygen atoms in total. The van der Waals surface area contributed by atoms with Gasteiger partial charge in [-0.25, -0.2) is 18.4 Å². The van der Waals surface area contributed by atoms with Crippen molar-refractivity contribution in [3.8, 4) is 56.2 Å². The van der Waals surface area contributed by atoms with Gasteiger partial charge in [-0.05, 0) is 68.8 Å². The largest absolute Gasteiger partial charge is 0.228 e. The van der Waals surface area contributed by atoms with E-state index in [2.05, 4.69) is 97.1 Å². The van der Waals surface area contributed by atoms with Crippen molar-refractivity contribution in [3.05, 3.63) is 204 Å². The van der Waals surface area contributed by atoms with Crippen molar-refractivity contribution in [3.63, 3.8) is 0 Å². The number of rotatable bonds is 4. The summed E-state index contributed by atoms with van der Waals surface area (Å²) in [7, 11) is -3.75. The summed E-state index contributed by atoms with van der Waals surface area (Å²) < 4.78 is 28.4. The lowest BCUT2D eigenvalue weighted by atomic mass is 9.67. The van der Waals surface area contributed by atoms with E-state index in [1.54, 1.807) is 12.1 Å². The van der Waals surface area contributed by atoms with Crippen molar-refractivity contribution in [1.82, 2.24) is 9.97 Å². The average molecular weight is 687 g/mol. The molecule has 2 heterocycles. The molecule has 52 heavy (non-hydrogen) atoms. The Labute approximate surface area is 302 Å². The molecule has 0 amide bonds. The van der Waals surface area contributed by atoms with Gasteiger partial charge in [0.2, 0.25) is 9.84 Å². The van der Waals surface area contributed by atoms with Gasteiger partial charge in [0.1, 0.15) is 0 Å². The molecule has 0 atom stereocenters. The summed E-state index contributed by atoms with van der Waals surface area (Å²) in [6.07, 6.45) is 0. The van der Waals surface area contributed by atoms with Gasteiger partial charge < -0.3 is 0 Å². The van der Waals surface area contributed by atoms with E-state index in [-0.39, 0.29) is 0 Å².